The van der Waals surface area contributed by atoms with Gasteiger partial charge >= 0.3 is 5.97 Å². The molecule has 1 aliphatic carbocycles. The van der Waals surface area contributed by atoms with Crippen LogP contribution in [0.1, 0.15) is 37.6 Å². The van der Waals surface area contributed by atoms with Gasteiger partial charge in [-0.1, -0.05) is 18.7 Å². The van der Waals surface area contributed by atoms with Gasteiger partial charge in [0.2, 0.25) is 0 Å². The van der Waals surface area contributed by atoms with Gasteiger partial charge in [-0.15, -0.1) is 11.3 Å². The van der Waals surface area contributed by atoms with Gasteiger partial charge in [-0.3, -0.25) is 10.2 Å². The van der Waals surface area contributed by atoms with Gasteiger partial charge in [0.05, 0.1) is 17.7 Å². The van der Waals surface area contributed by atoms with E-state index in [2.05, 4.69) is 6.92 Å². The van der Waals surface area contributed by atoms with Crippen molar-refractivity contribution in [2.45, 2.75) is 51.7 Å². The number of aryl methyl sites for hydroxylation is 1. The molecule has 0 bridgehead atoms. The number of aromatic nitrogens is 2. The van der Waals surface area contributed by atoms with Crippen molar-refractivity contribution < 1.29 is 9.53 Å². The third kappa shape index (κ3) is 3.24. The lowest BCUT2D eigenvalue weighted by atomic mass is 9.89. The topological polar surface area (TPSA) is 68.0 Å². The highest BCUT2D eigenvalue weighted by molar-refractivity contribution is 7.99. The van der Waals surface area contributed by atoms with Crippen molar-refractivity contribution in [3.05, 3.63) is 15.9 Å². The monoisotopic (exact) mass is 365 g/mol. The number of thiophene rings is 1. The SMILES string of the molecule is CCOC(=O)CSc1nc2sc3c(c2c(=N)n1CC)CCC(C)C3. The second kappa shape index (κ2) is 7.27. The molecule has 1 atom stereocenters. The highest BCUT2D eigenvalue weighted by Crippen LogP contribution is 2.36. The van der Waals surface area contributed by atoms with Crippen LogP contribution in [0.3, 0.4) is 0 Å². The van der Waals surface area contributed by atoms with Crippen molar-refractivity contribution in [1.29, 1.82) is 5.41 Å². The maximum Gasteiger partial charge on any atom is 0.316 e. The van der Waals surface area contributed by atoms with E-state index >= 15 is 0 Å². The van der Waals surface area contributed by atoms with Crippen LogP contribution in [0.2, 0.25) is 0 Å². The summed E-state index contributed by atoms with van der Waals surface area (Å²) in [6, 6.07) is 0. The first kappa shape index (κ1) is 17.5. The van der Waals surface area contributed by atoms with Crippen molar-refractivity contribution in [3.63, 3.8) is 0 Å². The first-order valence-electron chi connectivity index (χ1n) is 8.43. The first-order valence-corrected chi connectivity index (χ1v) is 10.2. The lowest BCUT2D eigenvalue weighted by molar-refractivity contribution is -0.139. The van der Waals surface area contributed by atoms with Crippen LogP contribution < -0.4 is 5.49 Å². The zero-order valence-electron chi connectivity index (χ0n) is 14.3. The fraction of sp³-hybridized carbons (Fsp3) is 0.588. The second-order valence-electron chi connectivity index (χ2n) is 6.11. The molecule has 0 saturated heterocycles. The standard InChI is InChI=1S/C17H23N3O2S2/c1-4-20-15(18)14-11-7-6-10(3)8-12(11)24-16(14)19-17(20)23-9-13(21)22-5-2/h10,18H,4-9H2,1-3H3. The molecule has 1 unspecified atom stereocenters. The summed E-state index contributed by atoms with van der Waals surface area (Å²) in [7, 11) is 0. The molecule has 2 heterocycles. The third-order valence-electron chi connectivity index (χ3n) is 4.37. The summed E-state index contributed by atoms with van der Waals surface area (Å²) in [6.07, 6.45) is 3.32. The minimum absolute atomic E-state index is 0.230. The maximum absolute atomic E-state index is 11.6. The number of hydrogen-bond donors (Lipinski definition) is 1. The Morgan fingerprint density at radius 1 is 1.50 bits per heavy atom. The quantitative estimate of drug-likeness (QED) is 0.501. The third-order valence-corrected chi connectivity index (χ3v) is 6.47. The zero-order chi connectivity index (χ0) is 17.3. The second-order valence-corrected chi connectivity index (χ2v) is 8.14. The molecule has 0 aliphatic heterocycles. The first-order chi connectivity index (χ1) is 11.5. The number of carbonyl (C=O) groups is 1. The van der Waals surface area contributed by atoms with Gasteiger partial charge < -0.3 is 9.30 Å². The number of carbonyl (C=O) groups excluding carboxylic acids is 1. The van der Waals surface area contributed by atoms with Crippen LogP contribution in [-0.4, -0.2) is 27.9 Å². The Kier molecular flexibility index (Phi) is 5.30. The number of esters is 1. The van der Waals surface area contributed by atoms with Gasteiger partial charge in [0.15, 0.2) is 5.16 Å². The summed E-state index contributed by atoms with van der Waals surface area (Å²) in [5.41, 5.74) is 1.86. The minimum atomic E-state index is -0.238. The van der Waals surface area contributed by atoms with Crippen LogP contribution in [0.15, 0.2) is 5.16 Å². The van der Waals surface area contributed by atoms with E-state index in [1.165, 1.54) is 28.6 Å². The number of nitrogens with one attached hydrogen (secondary N) is 1. The van der Waals surface area contributed by atoms with Gasteiger partial charge in [0.1, 0.15) is 10.3 Å². The van der Waals surface area contributed by atoms with E-state index in [4.69, 9.17) is 15.1 Å². The molecule has 1 aliphatic rings. The molecule has 24 heavy (non-hydrogen) atoms. The van der Waals surface area contributed by atoms with E-state index in [9.17, 15) is 4.79 Å². The van der Waals surface area contributed by atoms with E-state index in [-0.39, 0.29) is 11.7 Å². The van der Waals surface area contributed by atoms with Crippen LogP contribution >= 0.6 is 23.1 Å². The Labute approximate surface area is 149 Å². The molecule has 7 heteroatoms. The van der Waals surface area contributed by atoms with E-state index in [0.717, 1.165) is 28.2 Å². The van der Waals surface area contributed by atoms with Crippen molar-refractivity contribution in [3.8, 4) is 0 Å². The van der Waals surface area contributed by atoms with E-state index in [1.54, 1.807) is 18.3 Å². The van der Waals surface area contributed by atoms with Crippen molar-refractivity contribution >= 4 is 39.3 Å². The number of nitrogens with zero attached hydrogens (tertiary/aromatic N) is 2. The summed E-state index contributed by atoms with van der Waals surface area (Å²) in [4.78, 5) is 18.7. The summed E-state index contributed by atoms with van der Waals surface area (Å²) in [6.45, 7) is 7.17. The minimum Gasteiger partial charge on any atom is -0.465 e. The summed E-state index contributed by atoms with van der Waals surface area (Å²) in [5.74, 6) is 0.696. The molecule has 0 spiro atoms. The average Bonchev–Trinajstić information content (AvgIpc) is 2.90. The molecule has 0 saturated carbocycles. The predicted octanol–water partition coefficient (Wildman–Crippen LogP) is 3.38. The van der Waals surface area contributed by atoms with Crippen molar-refractivity contribution in [1.82, 2.24) is 9.55 Å². The lowest BCUT2D eigenvalue weighted by Crippen LogP contribution is -2.24. The number of rotatable bonds is 5. The van der Waals surface area contributed by atoms with Crippen LogP contribution in [0.25, 0.3) is 10.2 Å². The summed E-state index contributed by atoms with van der Waals surface area (Å²) >= 11 is 3.08. The Bertz CT molecular complexity index is 825. The van der Waals surface area contributed by atoms with Crippen LogP contribution in [0.4, 0.5) is 0 Å². The molecule has 130 valence electrons. The number of fused-ring (bicyclic) bond motifs is 3. The smallest absolute Gasteiger partial charge is 0.316 e. The van der Waals surface area contributed by atoms with Gasteiger partial charge in [-0.25, -0.2) is 4.98 Å². The normalized spacial score (nSPS) is 17.0. The van der Waals surface area contributed by atoms with Gasteiger partial charge in [-0.05, 0) is 44.6 Å². The number of ether oxygens (including phenoxy) is 1. The van der Waals surface area contributed by atoms with E-state index < -0.39 is 0 Å². The molecular weight excluding hydrogens is 342 g/mol. The molecule has 0 amide bonds. The predicted molar refractivity (Wildman–Crippen MR) is 97.7 cm³/mol. The fourth-order valence-corrected chi connectivity index (χ4v) is 5.47. The molecule has 0 fully saturated rings. The lowest BCUT2D eigenvalue weighted by Gasteiger charge is -2.18. The van der Waals surface area contributed by atoms with Crippen LogP contribution in [-0.2, 0) is 28.9 Å². The Hall–Kier alpha value is -1.34. The molecule has 0 radical (unpaired) electrons. The number of hydrogen-bond acceptors (Lipinski definition) is 6. The van der Waals surface area contributed by atoms with Gasteiger partial charge in [0.25, 0.3) is 0 Å². The Morgan fingerprint density at radius 3 is 3.00 bits per heavy atom. The summed E-state index contributed by atoms with van der Waals surface area (Å²) in [5, 5.41) is 10.4. The average molecular weight is 366 g/mol. The van der Waals surface area contributed by atoms with Gasteiger partial charge in [0, 0.05) is 11.4 Å². The fourth-order valence-electron chi connectivity index (χ4n) is 3.17. The number of thioether (sulfide) groups is 1. The Morgan fingerprint density at radius 2 is 2.29 bits per heavy atom. The Balaban J connectivity index is 2.02. The summed E-state index contributed by atoms with van der Waals surface area (Å²) < 4.78 is 6.89. The van der Waals surface area contributed by atoms with Crippen molar-refractivity contribution in [2.24, 2.45) is 5.92 Å². The van der Waals surface area contributed by atoms with Crippen molar-refractivity contribution in [2.75, 3.05) is 12.4 Å². The molecule has 3 rings (SSSR count). The zero-order valence-corrected chi connectivity index (χ0v) is 16.0. The molecular formula is C17H23N3O2S2. The maximum atomic E-state index is 11.6. The van der Waals surface area contributed by atoms with Crippen LogP contribution in [0, 0.1) is 11.3 Å². The van der Waals surface area contributed by atoms with E-state index in [0.29, 0.717) is 24.6 Å². The molecule has 2 aromatic heterocycles. The van der Waals surface area contributed by atoms with Gasteiger partial charge in [-0.2, -0.15) is 0 Å². The molecule has 5 nitrogen and oxygen atoms in total. The highest BCUT2D eigenvalue weighted by atomic mass is 32.2. The molecule has 1 N–H and O–H groups in total. The molecule has 0 aromatic carbocycles. The highest BCUT2D eigenvalue weighted by Gasteiger charge is 2.23. The van der Waals surface area contributed by atoms with Crippen LogP contribution in [0.5, 0.6) is 0 Å². The largest absolute Gasteiger partial charge is 0.465 e. The van der Waals surface area contributed by atoms with E-state index in [1.807, 2.05) is 11.5 Å². The molecule has 2 aromatic rings.